The monoisotopic (exact) mass is 853 g/mol. The molecular formula is C64H39NS. The molecule has 1 nitrogen and oxygen atoms in total. The summed E-state index contributed by atoms with van der Waals surface area (Å²) >= 11 is 1.92. The van der Waals surface area contributed by atoms with Gasteiger partial charge in [0.15, 0.2) is 0 Å². The van der Waals surface area contributed by atoms with Crippen LogP contribution in [0, 0.1) is 0 Å². The molecule has 14 rings (SSSR count). The molecule has 0 aliphatic rings. The molecule has 2 heteroatoms. The van der Waals surface area contributed by atoms with Crippen LogP contribution in [0.5, 0.6) is 0 Å². The zero-order valence-corrected chi connectivity index (χ0v) is 36.7. The van der Waals surface area contributed by atoms with Crippen LogP contribution in [0.2, 0.25) is 0 Å². The minimum Gasteiger partial charge on any atom is -0.309 e. The van der Waals surface area contributed by atoms with Crippen LogP contribution in [0.25, 0.3) is 135 Å². The molecule has 0 unspecified atom stereocenters. The van der Waals surface area contributed by atoms with Crippen LogP contribution in [0.15, 0.2) is 237 Å². The number of fused-ring (bicyclic) bond motifs is 10. The number of hydrogen-bond acceptors (Lipinski definition) is 1. The Bertz CT molecular complexity index is 4160. The van der Waals surface area contributed by atoms with Gasteiger partial charge in [0.1, 0.15) is 0 Å². The van der Waals surface area contributed by atoms with Crippen LogP contribution in [-0.4, -0.2) is 4.57 Å². The average molecular weight is 854 g/mol. The van der Waals surface area contributed by atoms with E-state index in [-0.39, 0.29) is 0 Å². The molecule has 0 fully saturated rings. The normalized spacial score (nSPS) is 11.9. The Morgan fingerprint density at radius 2 is 0.712 bits per heavy atom. The summed E-state index contributed by atoms with van der Waals surface area (Å²) in [4.78, 5) is 0. The summed E-state index contributed by atoms with van der Waals surface area (Å²) in [7, 11) is 0. The fraction of sp³-hybridized carbons (Fsp3) is 0. The Morgan fingerprint density at radius 3 is 1.32 bits per heavy atom. The van der Waals surface area contributed by atoms with E-state index < -0.39 is 0 Å². The molecule has 2 aromatic heterocycles. The van der Waals surface area contributed by atoms with Crippen molar-refractivity contribution in [2.45, 2.75) is 0 Å². The Morgan fingerprint density at radius 1 is 0.273 bits per heavy atom. The fourth-order valence-corrected chi connectivity index (χ4v) is 12.6. The lowest BCUT2D eigenvalue weighted by molar-refractivity contribution is 1.18. The van der Waals surface area contributed by atoms with Crippen LogP contribution in [0.3, 0.4) is 0 Å². The lowest BCUT2D eigenvalue weighted by Gasteiger charge is -2.19. The van der Waals surface area contributed by atoms with Gasteiger partial charge in [-0.15, -0.1) is 11.3 Å². The van der Waals surface area contributed by atoms with E-state index in [0.717, 1.165) is 5.69 Å². The van der Waals surface area contributed by atoms with Gasteiger partial charge in [-0.25, -0.2) is 0 Å². The molecule has 0 bridgehead atoms. The first-order chi connectivity index (χ1) is 32.8. The first-order valence-corrected chi connectivity index (χ1v) is 23.6. The van der Waals surface area contributed by atoms with Crippen molar-refractivity contribution in [3.05, 3.63) is 237 Å². The molecule has 2 heterocycles. The number of benzene rings is 12. The minimum atomic E-state index is 1.16. The lowest BCUT2D eigenvalue weighted by Crippen LogP contribution is -1.93. The second-order valence-corrected chi connectivity index (χ2v) is 18.5. The van der Waals surface area contributed by atoms with Crippen molar-refractivity contribution in [1.82, 2.24) is 4.57 Å². The maximum Gasteiger partial charge on any atom is 0.0547 e. The van der Waals surface area contributed by atoms with Gasteiger partial charge in [0.25, 0.3) is 0 Å². The van der Waals surface area contributed by atoms with Gasteiger partial charge in [0, 0.05) is 42.2 Å². The Labute approximate surface area is 385 Å². The van der Waals surface area contributed by atoms with E-state index in [2.05, 4.69) is 241 Å². The van der Waals surface area contributed by atoms with Gasteiger partial charge in [0.2, 0.25) is 0 Å². The van der Waals surface area contributed by atoms with Crippen LogP contribution in [0.1, 0.15) is 0 Å². The van der Waals surface area contributed by atoms with Crippen molar-refractivity contribution >= 4 is 96.4 Å². The highest BCUT2D eigenvalue weighted by atomic mass is 32.1. The smallest absolute Gasteiger partial charge is 0.0547 e. The maximum absolute atomic E-state index is 2.45. The molecular weight excluding hydrogens is 815 g/mol. The third kappa shape index (κ3) is 5.40. The quantitative estimate of drug-likeness (QED) is 0.152. The second-order valence-electron chi connectivity index (χ2n) is 17.4. The second kappa shape index (κ2) is 14.6. The highest BCUT2D eigenvalue weighted by molar-refractivity contribution is 7.26. The number of nitrogens with zero attached hydrogens (tertiary/aromatic N) is 1. The van der Waals surface area contributed by atoms with Crippen molar-refractivity contribution < 1.29 is 0 Å². The maximum atomic E-state index is 2.45. The summed E-state index contributed by atoms with van der Waals surface area (Å²) < 4.78 is 5.03. The summed E-state index contributed by atoms with van der Waals surface area (Å²) in [5.74, 6) is 0. The van der Waals surface area contributed by atoms with Crippen molar-refractivity contribution in [2.75, 3.05) is 0 Å². The Balaban J connectivity index is 1.01. The first-order valence-electron chi connectivity index (χ1n) is 22.8. The molecule has 0 spiro atoms. The van der Waals surface area contributed by atoms with Gasteiger partial charge in [-0.1, -0.05) is 206 Å². The van der Waals surface area contributed by atoms with Crippen LogP contribution < -0.4 is 0 Å². The summed E-state index contributed by atoms with van der Waals surface area (Å²) in [5.41, 5.74) is 13.7. The zero-order chi connectivity index (χ0) is 43.3. The largest absolute Gasteiger partial charge is 0.309 e. The van der Waals surface area contributed by atoms with E-state index in [9.17, 15) is 0 Å². The third-order valence-corrected chi connectivity index (χ3v) is 15.2. The molecule has 0 radical (unpaired) electrons. The van der Waals surface area contributed by atoms with Gasteiger partial charge in [-0.05, 0) is 112 Å². The molecule has 0 aliphatic carbocycles. The average Bonchev–Trinajstić information content (AvgIpc) is 3.93. The Kier molecular flexibility index (Phi) is 8.22. The summed E-state index contributed by atoms with van der Waals surface area (Å²) in [6, 6.07) is 87.6. The van der Waals surface area contributed by atoms with Crippen LogP contribution in [0.4, 0.5) is 0 Å². The van der Waals surface area contributed by atoms with Gasteiger partial charge >= 0.3 is 0 Å². The molecule has 12 aromatic carbocycles. The summed E-state index contributed by atoms with van der Waals surface area (Å²) in [6.45, 7) is 0. The number of rotatable bonds is 5. The molecule has 14 aromatic rings. The van der Waals surface area contributed by atoms with Crippen LogP contribution >= 0.6 is 11.3 Å². The molecule has 0 saturated heterocycles. The molecule has 306 valence electrons. The van der Waals surface area contributed by atoms with Gasteiger partial charge in [-0.2, -0.15) is 0 Å². The van der Waals surface area contributed by atoms with Gasteiger partial charge in [0.05, 0.1) is 11.0 Å². The summed E-state index contributed by atoms with van der Waals surface area (Å²) in [5, 5.41) is 15.3. The van der Waals surface area contributed by atoms with Crippen molar-refractivity contribution in [3.8, 4) is 50.2 Å². The number of para-hydroxylation sites is 2. The van der Waals surface area contributed by atoms with Gasteiger partial charge in [-0.3, -0.25) is 0 Å². The fourth-order valence-electron chi connectivity index (χ4n) is 11.3. The van der Waals surface area contributed by atoms with E-state index in [0.29, 0.717) is 0 Å². The zero-order valence-electron chi connectivity index (χ0n) is 35.9. The SMILES string of the molecule is c1ccc(-c2c3ccccc3c(-c3ccc4c(c3)sc3c(-c5c6ccccc6c(-c6cccc7c6c6ccccc6n7-c6ccccc6)c6ccccc56)cccc34)c3ccccc23)cc1. The number of thiophene rings is 1. The topological polar surface area (TPSA) is 4.93 Å². The molecule has 0 amide bonds. The van der Waals surface area contributed by atoms with E-state index >= 15 is 0 Å². The first kappa shape index (κ1) is 37.1. The van der Waals surface area contributed by atoms with Gasteiger partial charge < -0.3 is 4.57 Å². The van der Waals surface area contributed by atoms with E-state index in [1.807, 2.05) is 11.3 Å². The third-order valence-electron chi connectivity index (χ3n) is 14.0. The lowest BCUT2D eigenvalue weighted by atomic mass is 9.84. The minimum absolute atomic E-state index is 1.16. The number of hydrogen-bond donors (Lipinski definition) is 0. The van der Waals surface area contributed by atoms with Crippen molar-refractivity contribution in [3.63, 3.8) is 0 Å². The molecule has 0 N–H and O–H groups in total. The van der Waals surface area contributed by atoms with Crippen LogP contribution in [-0.2, 0) is 0 Å². The highest BCUT2D eigenvalue weighted by Gasteiger charge is 2.23. The number of aromatic nitrogens is 1. The van der Waals surface area contributed by atoms with E-state index in [1.165, 1.54) is 130 Å². The standard InChI is InChI=1S/C64H39NS/c1-3-19-40(20-4-1)59-44-23-7-9-25-46(44)60(47-26-10-8-24-45(47)59)41-37-38-43-52-32-17-34-55(64(52)66-58(43)39-41)62-50-29-13-11-27-48(50)61(49-28-12-14-30-51(49)62)54-33-18-36-57-63(54)53-31-15-16-35-56(53)65(57)42-21-5-2-6-22-42/h1-39H. The molecule has 0 atom stereocenters. The molecule has 66 heavy (non-hydrogen) atoms. The van der Waals surface area contributed by atoms with Crippen molar-refractivity contribution in [2.24, 2.45) is 0 Å². The highest BCUT2D eigenvalue weighted by Crippen LogP contribution is 2.51. The van der Waals surface area contributed by atoms with E-state index in [1.54, 1.807) is 0 Å². The van der Waals surface area contributed by atoms with Crippen molar-refractivity contribution in [1.29, 1.82) is 0 Å². The summed E-state index contributed by atoms with van der Waals surface area (Å²) in [6.07, 6.45) is 0. The molecule has 0 saturated carbocycles. The predicted molar refractivity (Wildman–Crippen MR) is 285 cm³/mol. The predicted octanol–water partition coefficient (Wildman–Crippen LogP) is 18.4. The van der Waals surface area contributed by atoms with E-state index in [4.69, 9.17) is 0 Å². The Hall–Kier alpha value is -8.30. The molecule has 0 aliphatic heterocycles.